The SMILES string of the molecule is CN=C(NCc1ccccc1OCCN1CCOCC1)NC1CC2CCC1O2. The van der Waals surface area contributed by atoms with Gasteiger partial charge in [0.1, 0.15) is 12.4 Å². The van der Waals surface area contributed by atoms with Gasteiger partial charge in [0.05, 0.1) is 31.5 Å². The zero-order valence-corrected chi connectivity index (χ0v) is 16.7. The Morgan fingerprint density at radius 3 is 2.86 bits per heavy atom. The number of nitrogens with one attached hydrogen (secondary N) is 2. The predicted octanol–water partition coefficient (Wildman–Crippen LogP) is 1.38. The van der Waals surface area contributed by atoms with Crippen molar-refractivity contribution < 1.29 is 14.2 Å². The molecule has 0 saturated carbocycles. The maximum Gasteiger partial charge on any atom is 0.191 e. The predicted molar refractivity (Wildman–Crippen MR) is 109 cm³/mol. The Balaban J connectivity index is 1.25. The molecule has 7 heteroatoms. The standard InChI is InChI=1S/C21H32N4O3/c1-22-21(24-18-14-17-6-7-20(18)28-17)23-15-16-4-2-3-5-19(16)27-13-10-25-8-11-26-12-9-25/h2-5,17-18,20H,6-15H2,1H3,(H2,22,23,24). The number of para-hydroxylation sites is 1. The van der Waals surface area contributed by atoms with E-state index in [1.807, 2.05) is 25.2 Å². The maximum atomic E-state index is 6.08. The topological polar surface area (TPSA) is 67.4 Å². The van der Waals surface area contributed by atoms with Crippen LogP contribution in [0.25, 0.3) is 0 Å². The zero-order chi connectivity index (χ0) is 19.2. The molecule has 1 aromatic rings. The minimum absolute atomic E-state index is 0.333. The summed E-state index contributed by atoms with van der Waals surface area (Å²) in [5.41, 5.74) is 1.14. The molecule has 3 aliphatic heterocycles. The summed E-state index contributed by atoms with van der Waals surface area (Å²) in [5, 5.41) is 6.96. The molecule has 7 nitrogen and oxygen atoms in total. The lowest BCUT2D eigenvalue weighted by atomic mass is 9.96. The zero-order valence-electron chi connectivity index (χ0n) is 16.7. The highest BCUT2D eigenvalue weighted by atomic mass is 16.5. The first kappa shape index (κ1) is 19.5. The summed E-state index contributed by atoms with van der Waals surface area (Å²) in [6, 6.07) is 8.57. The summed E-state index contributed by atoms with van der Waals surface area (Å²) in [6.07, 6.45) is 4.19. The lowest BCUT2D eigenvalue weighted by Gasteiger charge is -2.26. The number of morpholine rings is 1. The van der Waals surface area contributed by atoms with Crippen LogP contribution in [0.5, 0.6) is 5.75 Å². The molecule has 0 aliphatic carbocycles. The van der Waals surface area contributed by atoms with Gasteiger partial charge in [-0.1, -0.05) is 18.2 Å². The van der Waals surface area contributed by atoms with Crippen molar-refractivity contribution in [3.8, 4) is 5.75 Å². The molecule has 0 radical (unpaired) electrons. The third-order valence-electron chi connectivity index (χ3n) is 5.84. The Labute approximate surface area is 167 Å². The van der Waals surface area contributed by atoms with Crippen LogP contribution in [-0.2, 0) is 16.0 Å². The first-order chi connectivity index (χ1) is 13.8. The summed E-state index contributed by atoms with van der Waals surface area (Å²) in [7, 11) is 1.81. The number of aliphatic imine (C=N–C) groups is 1. The molecule has 2 bridgehead atoms. The van der Waals surface area contributed by atoms with E-state index in [0.29, 0.717) is 31.4 Å². The number of hydrogen-bond acceptors (Lipinski definition) is 5. The fourth-order valence-corrected chi connectivity index (χ4v) is 4.24. The van der Waals surface area contributed by atoms with Gasteiger partial charge in [0.25, 0.3) is 0 Å². The number of benzene rings is 1. The first-order valence-corrected chi connectivity index (χ1v) is 10.5. The molecule has 3 heterocycles. The third-order valence-corrected chi connectivity index (χ3v) is 5.84. The minimum Gasteiger partial charge on any atom is -0.492 e. The number of nitrogens with zero attached hydrogens (tertiary/aromatic N) is 2. The van der Waals surface area contributed by atoms with Gasteiger partial charge in [-0.05, 0) is 25.3 Å². The van der Waals surface area contributed by atoms with Gasteiger partial charge in [-0.25, -0.2) is 0 Å². The van der Waals surface area contributed by atoms with Crippen LogP contribution in [0.3, 0.4) is 0 Å². The highest BCUT2D eigenvalue weighted by Crippen LogP contribution is 2.34. The lowest BCUT2D eigenvalue weighted by Crippen LogP contribution is -2.47. The minimum atomic E-state index is 0.333. The van der Waals surface area contributed by atoms with Crippen LogP contribution in [0, 0.1) is 0 Å². The number of hydrogen-bond donors (Lipinski definition) is 2. The van der Waals surface area contributed by atoms with Crippen molar-refractivity contribution in [2.75, 3.05) is 46.5 Å². The average molecular weight is 389 g/mol. The van der Waals surface area contributed by atoms with E-state index in [4.69, 9.17) is 14.2 Å². The monoisotopic (exact) mass is 388 g/mol. The molecular formula is C21H32N4O3. The molecular weight excluding hydrogens is 356 g/mol. The largest absolute Gasteiger partial charge is 0.492 e. The van der Waals surface area contributed by atoms with E-state index in [1.165, 1.54) is 6.42 Å². The van der Waals surface area contributed by atoms with Crippen molar-refractivity contribution in [3.63, 3.8) is 0 Å². The van der Waals surface area contributed by atoms with Gasteiger partial charge < -0.3 is 24.8 Å². The molecule has 28 heavy (non-hydrogen) atoms. The van der Waals surface area contributed by atoms with E-state index >= 15 is 0 Å². The van der Waals surface area contributed by atoms with Crippen molar-refractivity contribution in [1.29, 1.82) is 0 Å². The second kappa shape index (κ2) is 9.58. The third kappa shape index (κ3) is 4.96. The van der Waals surface area contributed by atoms with Gasteiger partial charge in [-0.15, -0.1) is 0 Å². The normalized spacial score (nSPS) is 27.8. The van der Waals surface area contributed by atoms with E-state index in [0.717, 1.165) is 63.0 Å². The fourth-order valence-electron chi connectivity index (χ4n) is 4.24. The van der Waals surface area contributed by atoms with Crippen LogP contribution >= 0.6 is 0 Å². The summed E-state index contributed by atoms with van der Waals surface area (Å²) >= 11 is 0. The van der Waals surface area contributed by atoms with Crippen molar-refractivity contribution in [3.05, 3.63) is 29.8 Å². The summed E-state index contributed by atoms with van der Waals surface area (Å²) in [6.45, 7) is 5.91. The molecule has 0 spiro atoms. The van der Waals surface area contributed by atoms with Crippen molar-refractivity contribution in [2.45, 2.75) is 44.1 Å². The Hall–Kier alpha value is -1.83. The summed E-state index contributed by atoms with van der Waals surface area (Å²) in [4.78, 5) is 6.77. The maximum absolute atomic E-state index is 6.08. The lowest BCUT2D eigenvalue weighted by molar-refractivity contribution is 0.0322. The van der Waals surface area contributed by atoms with Crippen LogP contribution in [0.1, 0.15) is 24.8 Å². The van der Waals surface area contributed by atoms with E-state index in [9.17, 15) is 0 Å². The van der Waals surface area contributed by atoms with Gasteiger partial charge >= 0.3 is 0 Å². The van der Waals surface area contributed by atoms with Crippen LogP contribution in [0.2, 0.25) is 0 Å². The average Bonchev–Trinajstić information content (AvgIpc) is 3.36. The van der Waals surface area contributed by atoms with Gasteiger partial charge in [-0.2, -0.15) is 0 Å². The summed E-state index contributed by atoms with van der Waals surface area (Å²) < 4.78 is 17.4. The number of ether oxygens (including phenoxy) is 3. The molecule has 3 aliphatic rings. The number of rotatable bonds is 7. The van der Waals surface area contributed by atoms with E-state index in [-0.39, 0.29) is 0 Å². The molecule has 154 valence electrons. The smallest absolute Gasteiger partial charge is 0.191 e. The van der Waals surface area contributed by atoms with E-state index in [2.05, 4.69) is 26.6 Å². The van der Waals surface area contributed by atoms with Gasteiger partial charge in [0.15, 0.2) is 5.96 Å². The molecule has 0 aromatic heterocycles. The Morgan fingerprint density at radius 2 is 2.11 bits per heavy atom. The van der Waals surface area contributed by atoms with E-state index < -0.39 is 0 Å². The van der Waals surface area contributed by atoms with Crippen molar-refractivity contribution in [2.24, 2.45) is 4.99 Å². The fraction of sp³-hybridized carbons (Fsp3) is 0.667. The second-order valence-corrected chi connectivity index (χ2v) is 7.70. The van der Waals surface area contributed by atoms with E-state index in [1.54, 1.807) is 0 Å². The number of guanidine groups is 1. The van der Waals surface area contributed by atoms with Gasteiger partial charge in [0, 0.05) is 38.8 Å². The summed E-state index contributed by atoms with van der Waals surface area (Å²) in [5.74, 6) is 1.76. The quantitative estimate of drug-likeness (QED) is 0.543. The highest BCUT2D eigenvalue weighted by molar-refractivity contribution is 5.80. The Morgan fingerprint density at radius 1 is 1.25 bits per heavy atom. The molecule has 3 fully saturated rings. The van der Waals surface area contributed by atoms with Crippen molar-refractivity contribution in [1.82, 2.24) is 15.5 Å². The molecule has 4 rings (SSSR count). The van der Waals surface area contributed by atoms with Gasteiger partial charge in [-0.3, -0.25) is 9.89 Å². The van der Waals surface area contributed by atoms with Crippen LogP contribution < -0.4 is 15.4 Å². The Bertz CT molecular complexity index is 663. The first-order valence-electron chi connectivity index (χ1n) is 10.5. The number of fused-ring (bicyclic) bond motifs is 2. The molecule has 3 unspecified atom stereocenters. The van der Waals surface area contributed by atoms with Crippen LogP contribution in [-0.4, -0.2) is 75.6 Å². The Kier molecular flexibility index (Phi) is 6.67. The molecule has 3 saturated heterocycles. The molecule has 2 N–H and O–H groups in total. The molecule has 0 amide bonds. The van der Waals surface area contributed by atoms with Crippen LogP contribution in [0.4, 0.5) is 0 Å². The van der Waals surface area contributed by atoms with Crippen molar-refractivity contribution >= 4 is 5.96 Å². The molecule has 3 atom stereocenters. The van der Waals surface area contributed by atoms with Gasteiger partial charge in [0.2, 0.25) is 0 Å². The molecule has 1 aromatic carbocycles. The van der Waals surface area contributed by atoms with Crippen LogP contribution in [0.15, 0.2) is 29.3 Å². The second-order valence-electron chi connectivity index (χ2n) is 7.70. The highest BCUT2D eigenvalue weighted by Gasteiger charge is 2.41.